The lowest BCUT2D eigenvalue weighted by Crippen LogP contribution is -2.13. The number of hydrogen-bond acceptors (Lipinski definition) is 4. The number of hydrogen-bond donors (Lipinski definition) is 1. The molecule has 0 aliphatic carbocycles. The summed E-state index contributed by atoms with van der Waals surface area (Å²) >= 11 is 5.46. The minimum absolute atomic E-state index is 0.0933. The van der Waals surface area contributed by atoms with Gasteiger partial charge in [-0.25, -0.2) is 4.79 Å². The molecule has 0 atom stereocenters. The molecule has 1 aromatic heterocycles. The summed E-state index contributed by atoms with van der Waals surface area (Å²) in [6, 6.07) is 0. The first kappa shape index (κ1) is 15.2. The average molecular weight is 288 g/mol. The van der Waals surface area contributed by atoms with E-state index in [2.05, 4.69) is 0 Å². The number of aliphatic carboxylic acids is 1. The number of rotatable bonds is 5. The summed E-state index contributed by atoms with van der Waals surface area (Å²) in [4.78, 5) is 34.1. The Balaban J connectivity index is 3.49. The zero-order chi connectivity index (χ0) is 14.7. The Bertz CT molecular complexity index is 547. The van der Waals surface area contributed by atoms with Gasteiger partial charge in [0.15, 0.2) is 0 Å². The normalized spacial score (nSPS) is 10.3. The monoisotopic (exact) mass is 287 g/mol. The van der Waals surface area contributed by atoms with Crippen molar-refractivity contribution >= 4 is 28.8 Å². The first-order valence-corrected chi connectivity index (χ1v) is 5.95. The summed E-state index contributed by atoms with van der Waals surface area (Å²) in [5.74, 6) is -1.77. The van der Waals surface area contributed by atoms with Crippen LogP contribution in [0.5, 0.6) is 0 Å². The largest absolute Gasteiger partial charge is 0.481 e. The summed E-state index contributed by atoms with van der Waals surface area (Å²) < 4.78 is 6.20. The molecule has 0 aliphatic heterocycles. The minimum atomic E-state index is -1.11. The van der Waals surface area contributed by atoms with Crippen LogP contribution < -0.4 is 0 Å². The fourth-order valence-corrected chi connectivity index (χ4v) is 2.26. The van der Waals surface area contributed by atoms with Crippen LogP contribution in [0.4, 0.5) is 0 Å². The Morgan fingerprint density at radius 2 is 1.95 bits per heavy atom. The van der Waals surface area contributed by atoms with Crippen LogP contribution in [0.1, 0.15) is 39.0 Å². The number of carboxylic acids is 1. The predicted octanol–water partition coefficient (Wildman–Crippen LogP) is 1.52. The molecule has 104 valence electrons. The highest BCUT2D eigenvalue weighted by Crippen LogP contribution is 2.24. The molecule has 0 fully saturated rings. The van der Waals surface area contributed by atoms with Crippen molar-refractivity contribution in [1.29, 1.82) is 0 Å². The third-order valence-corrected chi connectivity index (χ3v) is 2.92. The molecule has 0 saturated heterocycles. The Morgan fingerprint density at radius 3 is 2.37 bits per heavy atom. The van der Waals surface area contributed by atoms with E-state index in [-0.39, 0.29) is 23.6 Å². The Hall–Kier alpha value is -1.82. The van der Waals surface area contributed by atoms with Gasteiger partial charge in [-0.15, -0.1) is 0 Å². The zero-order valence-corrected chi connectivity index (χ0v) is 11.6. The lowest BCUT2D eigenvalue weighted by atomic mass is 10.1. The SMILES string of the molecule is CCOC(=O)c1c(C)c(C(=O)Cl)n(C)c1CC(=O)O. The number of carbonyl (C=O) groups excluding carboxylic acids is 2. The second-order valence-corrected chi connectivity index (χ2v) is 4.26. The number of aromatic nitrogens is 1. The van der Waals surface area contributed by atoms with Gasteiger partial charge in [0.2, 0.25) is 0 Å². The second-order valence-electron chi connectivity index (χ2n) is 3.92. The Kier molecular flexibility index (Phi) is 4.72. The van der Waals surface area contributed by atoms with Crippen LogP contribution in [0, 0.1) is 6.92 Å². The van der Waals surface area contributed by atoms with Crippen molar-refractivity contribution in [1.82, 2.24) is 4.57 Å². The molecule has 0 saturated carbocycles. The molecule has 0 spiro atoms. The van der Waals surface area contributed by atoms with Gasteiger partial charge in [-0.1, -0.05) is 0 Å². The van der Waals surface area contributed by atoms with Gasteiger partial charge in [0.05, 0.1) is 18.6 Å². The highest BCUT2D eigenvalue weighted by molar-refractivity contribution is 6.67. The number of carboxylic acid groups (broad SMARTS) is 1. The molecule has 0 amide bonds. The summed E-state index contributed by atoms with van der Waals surface area (Å²) in [5.41, 5.74) is 0.723. The van der Waals surface area contributed by atoms with Crippen molar-refractivity contribution in [2.45, 2.75) is 20.3 Å². The molecule has 7 heteroatoms. The molecular weight excluding hydrogens is 274 g/mol. The molecule has 0 aliphatic rings. The topological polar surface area (TPSA) is 85.6 Å². The van der Waals surface area contributed by atoms with Gasteiger partial charge in [0.25, 0.3) is 5.24 Å². The standard InChI is InChI=1S/C12H14ClNO5/c1-4-19-12(18)9-6(2)10(11(13)17)14(3)7(9)5-8(15)16/h4-5H2,1-3H3,(H,15,16). The maximum Gasteiger partial charge on any atom is 0.340 e. The van der Waals surface area contributed by atoms with Crippen LogP contribution in [0.25, 0.3) is 0 Å². The molecular formula is C12H14ClNO5. The predicted molar refractivity (Wildman–Crippen MR) is 67.6 cm³/mol. The van der Waals surface area contributed by atoms with Gasteiger partial charge in [-0.2, -0.15) is 0 Å². The van der Waals surface area contributed by atoms with E-state index in [1.54, 1.807) is 6.92 Å². The second kappa shape index (κ2) is 5.88. The fraction of sp³-hybridized carbons (Fsp3) is 0.417. The van der Waals surface area contributed by atoms with Gasteiger partial charge in [-0.3, -0.25) is 9.59 Å². The third-order valence-electron chi connectivity index (χ3n) is 2.74. The highest BCUT2D eigenvalue weighted by Gasteiger charge is 2.27. The number of esters is 1. The fourth-order valence-electron chi connectivity index (χ4n) is 1.99. The van der Waals surface area contributed by atoms with Crippen LogP contribution in [0.15, 0.2) is 0 Å². The molecule has 0 unspecified atom stereocenters. The third kappa shape index (κ3) is 2.96. The first-order chi connectivity index (χ1) is 8.81. The molecule has 1 heterocycles. The Labute approximate surface area is 114 Å². The van der Waals surface area contributed by atoms with Crippen molar-refractivity contribution in [2.75, 3.05) is 6.61 Å². The van der Waals surface area contributed by atoms with E-state index in [1.165, 1.54) is 18.5 Å². The first-order valence-electron chi connectivity index (χ1n) is 5.58. The molecule has 0 bridgehead atoms. The van der Waals surface area contributed by atoms with Crippen LogP contribution in [0.3, 0.4) is 0 Å². The Morgan fingerprint density at radius 1 is 1.37 bits per heavy atom. The van der Waals surface area contributed by atoms with Gasteiger partial charge in [-0.05, 0) is 31.0 Å². The van der Waals surface area contributed by atoms with Gasteiger partial charge >= 0.3 is 11.9 Å². The molecule has 6 nitrogen and oxygen atoms in total. The quantitative estimate of drug-likeness (QED) is 0.655. The van der Waals surface area contributed by atoms with Gasteiger partial charge < -0.3 is 14.4 Å². The van der Waals surface area contributed by atoms with E-state index in [9.17, 15) is 14.4 Å². The maximum absolute atomic E-state index is 11.9. The highest BCUT2D eigenvalue weighted by atomic mass is 35.5. The molecule has 0 radical (unpaired) electrons. The summed E-state index contributed by atoms with van der Waals surface area (Å²) in [5, 5.41) is 8.13. The van der Waals surface area contributed by atoms with Crippen LogP contribution >= 0.6 is 11.6 Å². The van der Waals surface area contributed by atoms with E-state index in [0.29, 0.717) is 5.56 Å². The summed E-state index contributed by atoms with van der Waals surface area (Å²) in [6.45, 7) is 3.33. The van der Waals surface area contributed by atoms with Gasteiger partial charge in [0, 0.05) is 12.7 Å². The van der Waals surface area contributed by atoms with Crippen molar-refractivity contribution in [3.8, 4) is 0 Å². The molecule has 0 aromatic carbocycles. The molecule has 1 N–H and O–H groups in total. The molecule has 1 rings (SSSR count). The minimum Gasteiger partial charge on any atom is -0.481 e. The lowest BCUT2D eigenvalue weighted by molar-refractivity contribution is -0.136. The van der Waals surface area contributed by atoms with Crippen molar-refractivity contribution in [3.63, 3.8) is 0 Å². The van der Waals surface area contributed by atoms with Crippen LogP contribution in [-0.2, 0) is 23.0 Å². The van der Waals surface area contributed by atoms with E-state index in [4.69, 9.17) is 21.4 Å². The number of ether oxygens (including phenoxy) is 1. The van der Waals surface area contributed by atoms with E-state index >= 15 is 0 Å². The van der Waals surface area contributed by atoms with E-state index < -0.39 is 23.6 Å². The molecule has 19 heavy (non-hydrogen) atoms. The maximum atomic E-state index is 11.9. The number of carbonyl (C=O) groups is 3. The summed E-state index contributed by atoms with van der Waals surface area (Å²) in [7, 11) is 1.49. The lowest BCUT2D eigenvalue weighted by Gasteiger charge is -2.05. The molecule has 1 aromatic rings. The van der Waals surface area contributed by atoms with Crippen molar-refractivity contribution in [2.24, 2.45) is 7.05 Å². The number of halogens is 1. The van der Waals surface area contributed by atoms with Crippen molar-refractivity contribution < 1.29 is 24.2 Å². The van der Waals surface area contributed by atoms with E-state index in [1.807, 2.05) is 0 Å². The van der Waals surface area contributed by atoms with Crippen LogP contribution in [0.2, 0.25) is 0 Å². The van der Waals surface area contributed by atoms with E-state index in [0.717, 1.165) is 0 Å². The van der Waals surface area contributed by atoms with Gasteiger partial charge in [0.1, 0.15) is 5.69 Å². The zero-order valence-electron chi connectivity index (χ0n) is 10.8. The number of nitrogens with zero attached hydrogens (tertiary/aromatic N) is 1. The summed E-state index contributed by atoms with van der Waals surface area (Å²) in [6.07, 6.45) is -0.393. The van der Waals surface area contributed by atoms with Crippen molar-refractivity contribution in [3.05, 3.63) is 22.5 Å². The smallest absolute Gasteiger partial charge is 0.340 e. The van der Waals surface area contributed by atoms with Crippen LogP contribution in [-0.4, -0.2) is 33.5 Å². The average Bonchev–Trinajstić information content (AvgIpc) is 2.50.